The predicted octanol–water partition coefficient (Wildman–Crippen LogP) is 2.09. The number of nitrogens with zero attached hydrogens (tertiary/aromatic N) is 1. The Morgan fingerprint density at radius 3 is 2.45 bits per heavy atom. The fourth-order valence-electron chi connectivity index (χ4n) is 3.24. The molecule has 0 spiro atoms. The molecule has 3 N–H and O–H groups in total. The number of amides is 1. The van der Waals surface area contributed by atoms with Crippen LogP contribution in [0.1, 0.15) is 51.9 Å². The zero-order valence-corrected chi connectivity index (χ0v) is 14.0. The Morgan fingerprint density at radius 1 is 1.20 bits per heavy atom. The van der Waals surface area contributed by atoms with E-state index in [9.17, 15) is 4.79 Å². The van der Waals surface area contributed by atoms with Crippen LogP contribution in [0, 0.1) is 0 Å². The van der Waals surface area contributed by atoms with Crippen molar-refractivity contribution >= 4 is 30.7 Å². The normalized spacial score (nSPS) is 30.2. The third-order valence-corrected chi connectivity index (χ3v) is 4.30. The third kappa shape index (κ3) is 5.40. The van der Waals surface area contributed by atoms with Gasteiger partial charge in [0.15, 0.2) is 0 Å². The second kappa shape index (κ2) is 9.82. The van der Waals surface area contributed by atoms with Crippen LogP contribution in [-0.4, -0.2) is 42.0 Å². The third-order valence-electron chi connectivity index (χ3n) is 4.30. The Morgan fingerprint density at radius 2 is 1.85 bits per heavy atom. The molecule has 1 aliphatic heterocycles. The summed E-state index contributed by atoms with van der Waals surface area (Å²) < 4.78 is 0. The van der Waals surface area contributed by atoms with Crippen LogP contribution in [0.15, 0.2) is 0 Å². The van der Waals surface area contributed by atoms with E-state index in [1.807, 2.05) is 0 Å². The molecule has 1 unspecified atom stereocenters. The minimum Gasteiger partial charge on any atom is -0.352 e. The number of hydrogen-bond acceptors (Lipinski definition) is 3. The van der Waals surface area contributed by atoms with Crippen molar-refractivity contribution in [3.05, 3.63) is 0 Å². The van der Waals surface area contributed by atoms with Crippen LogP contribution >= 0.6 is 24.8 Å². The first kappa shape index (κ1) is 20.0. The quantitative estimate of drug-likeness (QED) is 0.832. The average molecular weight is 326 g/mol. The maximum atomic E-state index is 12.3. The monoisotopic (exact) mass is 325 g/mol. The number of rotatable bonds is 4. The Balaban J connectivity index is 0.00000180. The lowest BCUT2D eigenvalue weighted by atomic mass is 9.91. The van der Waals surface area contributed by atoms with Crippen LogP contribution in [0.4, 0.5) is 0 Å². The van der Waals surface area contributed by atoms with E-state index in [0.29, 0.717) is 12.1 Å². The van der Waals surface area contributed by atoms with Gasteiger partial charge in [-0.25, -0.2) is 0 Å². The number of halogens is 2. The Bertz CT molecular complexity index is 284. The molecule has 1 saturated heterocycles. The minimum atomic E-state index is 0. The molecular formula is C14H29Cl2N3O. The van der Waals surface area contributed by atoms with Crippen LogP contribution < -0.4 is 11.1 Å². The molecular weight excluding hydrogens is 297 g/mol. The number of nitrogens with two attached hydrogens (primary N) is 1. The van der Waals surface area contributed by atoms with Gasteiger partial charge < -0.3 is 11.1 Å². The van der Waals surface area contributed by atoms with Gasteiger partial charge >= 0.3 is 0 Å². The molecule has 2 rings (SSSR count). The van der Waals surface area contributed by atoms with Crippen molar-refractivity contribution in [2.45, 2.75) is 70.0 Å². The van der Waals surface area contributed by atoms with Crippen molar-refractivity contribution in [3.63, 3.8) is 0 Å². The highest BCUT2D eigenvalue weighted by atomic mass is 35.5. The van der Waals surface area contributed by atoms with Gasteiger partial charge in [0.1, 0.15) is 0 Å². The fourth-order valence-corrected chi connectivity index (χ4v) is 3.24. The summed E-state index contributed by atoms with van der Waals surface area (Å²) in [7, 11) is 0. The molecule has 1 saturated carbocycles. The molecule has 0 bridgehead atoms. The maximum Gasteiger partial charge on any atom is 0.237 e. The summed E-state index contributed by atoms with van der Waals surface area (Å²) in [6.45, 7) is 4.31. The average Bonchev–Trinajstić information content (AvgIpc) is 2.81. The number of nitrogens with one attached hydrogen (secondary N) is 1. The van der Waals surface area contributed by atoms with Crippen molar-refractivity contribution < 1.29 is 4.79 Å². The molecule has 2 fully saturated rings. The van der Waals surface area contributed by atoms with Gasteiger partial charge in [0, 0.05) is 12.1 Å². The summed E-state index contributed by atoms with van der Waals surface area (Å²) >= 11 is 0. The largest absolute Gasteiger partial charge is 0.352 e. The van der Waals surface area contributed by atoms with E-state index < -0.39 is 0 Å². The second-order valence-electron chi connectivity index (χ2n) is 5.81. The first-order valence-electron chi connectivity index (χ1n) is 7.50. The Labute approximate surface area is 135 Å². The molecule has 6 heteroatoms. The van der Waals surface area contributed by atoms with Crippen LogP contribution in [0.2, 0.25) is 0 Å². The minimum absolute atomic E-state index is 0. The molecule has 0 aromatic heterocycles. The molecule has 0 radical (unpaired) electrons. The van der Waals surface area contributed by atoms with Crippen LogP contribution in [-0.2, 0) is 4.79 Å². The van der Waals surface area contributed by atoms with Gasteiger partial charge in [-0.2, -0.15) is 0 Å². The van der Waals surface area contributed by atoms with Gasteiger partial charge in [-0.1, -0.05) is 6.92 Å². The van der Waals surface area contributed by atoms with Crippen molar-refractivity contribution in [3.8, 4) is 0 Å². The van der Waals surface area contributed by atoms with Crippen molar-refractivity contribution in [2.75, 3.05) is 13.1 Å². The first-order valence-corrected chi connectivity index (χ1v) is 7.50. The smallest absolute Gasteiger partial charge is 0.237 e. The lowest BCUT2D eigenvalue weighted by Gasteiger charge is -2.30. The van der Waals surface area contributed by atoms with E-state index in [4.69, 9.17) is 5.73 Å². The first-order chi connectivity index (χ1) is 8.70. The molecule has 1 heterocycles. The van der Waals surface area contributed by atoms with Crippen molar-refractivity contribution in [1.29, 1.82) is 0 Å². The van der Waals surface area contributed by atoms with E-state index in [0.717, 1.165) is 58.0 Å². The summed E-state index contributed by atoms with van der Waals surface area (Å²) in [6.07, 6.45) is 7.51. The van der Waals surface area contributed by atoms with Gasteiger partial charge in [0.2, 0.25) is 5.91 Å². The number of carbonyl (C=O) groups is 1. The molecule has 0 aromatic carbocycles. The molecule has 1 amide bonds. The van der Waals surface area contributed by atoms with E-state index >= 15 is 0 Å². The van der Waals surface area contributed by atoms with Gasteiger partial charge in [-0.05, 0) is 58.0 Å². The highest BCUT2D eigenvalue weighted by Gasteiger charge is 2.31. The topological polar surface area (TPSA) is 58.4 Å². The Hall–Kier alpha value is -0.0300. The summed E-state index contributed by atoms with van der Waals surface area (Å²) in [4.78, 5) is 14.6. The molecule has 2 aliphatic rings. The highest BCUT2D eigenvalue weighted by molar-refractivity contribution is 5.85. The van der Waals surface area contributed by atoms with Gasteiger partial charge in [0.05, 0.1) is 6.04 Å². The number of likely N-dealkylation sites (tertiary alicyclic amines) is 1. The molecule has 0 aromatic rings. The SMILES string of the molecule is CCCN1CCCC1C(=O)NC1CCC(N)CC1.Cl.Cl. The molecule has 1 atom stereocenters. The fraction of sp³-hybridized carbons (Fsp3) is 0.929. The van der Waals surface area contributed by atoms with E-state index in [2.05, 4.69) is 17.1 Å². The molecule has 1 aliphatic carbocycles. The maximum absolute atomic E-state index is 12.3. The zero-order chi connectivity index (χ0) is 13.0. The van der Waals surface area contributed by atoms with Crippen LogP contribution in [0.25, 0.3) is 0 Å². The standard InChI is InChI=1S/C14H27N3O.2ClH/c1-2-9-17-10-3-4-13(17)14(18)16-12-7-5-11(15)6-8-12;;/h11-13H,2-10,15H2,1H3,(H,16,18);2*1H. The summed E-state index contributed by atoms with van der Waals surface area (Å²) in [5, 5.41) is 3.23. The molecule has 20 heavy (non-hydrogen) atoms. The lowest BCUT2D eigenvalue weighted by Crippen LogP contribution is -2.48. The van der Waals surface area contributed by atoms with E-state index in [-0.39, 0.29) is 36.8 Å². The van der Waals surface area contributed by atoms with Gasteiger partial charge in [-0.3, -0.25) is 9.69 Å². The summed E-state index contributed by atoms with van der Waals surface area (Å²) in [5.74, 6) is 0.251. The lowest BCUT2D eigenvalue weighted by molar-refractivity contribution is -0.126. The van der Waals surface area contributed by atoms with Crippen molar-refractivity contribution in [1.82, 2.24) is 10.2 Å². The summed E-state index contributed by atoms with van der Waals surface area (Å²) in [6, 6.07) is 0.836. The summed E-state index contributed by atoms with van der Waals surface area (Å²) in [5.41, 5.74) is 5.89. The van der Waals surface area contributed by atoms with E-state index in [1.165, 1.54) is 0 Å². The number of hydrogen-bond donors (Lipinski definition) is 2. The highest BCUT2D eigenvalue weighted by Crippen LogP contribution is 2.20. The molecule has 4 nitrogen and oxygen atoms in total. The van der Waals surface area contributed by atoms with Gasteiger partial charge in [-0.15, -0.1) is 24.8 Å². The Kier molecular flexibility index (Phi) is 9.81. The predicted molar refractivity (Wildman–Crippen MR) is 87.8 cm³/mol. The van der Waals surface area contributed by atoms with Crippen LogP contribution in [0.5, 0.6) is 0 Å². The number of carbonyl (C=O) groups excluding carboxylic acids is 1. The van der Waals surface area contributed by atoms with Gasteiger partial charge in [0.25, 0.3) is 0 Å². The molecule has 120 valence electrons. The van der Waals surface area contributed by atoms with Crippen molar-refractivity contribution in [2.24, 2.45) is 5.73 Å². The van der Waals surface area contributed by atoms with Crippen LogP contribution in [0.3, 0.4) is 0 Å². The zero-order valence-electron chi connectivity index (χ0n) is 12.3. The second-order valence-corrected chi connectivity index (χ2v) is 5.81. The van der Waals surface area contributed by atoms with E-state index in [1.54, 1.807) is 0 Å².